The van der Waals surface area contributed by atoms with Crippen molar-refractivity contribution in [2.45, 2.75) is 25.2 Å². The van der Waals surface area contributed by atoms with Gasteiger partial charge < -0.3 is 9.26 Å². The second kappa shape index (κ2) is 10.8. The number of aryl methyl sites for hydroxylation is 1. The summed E-state index contributed by atoms with van der Waals surface area (Å²) in [6.07, 6.45) is 2.54. The normalized spacial score (nSPS) is 11.3. The number of carbonyl (C=O) groups excluding carboxylic acids is 1. The van der Waals surface area contributed by atoms with E-state index < -0.39 is 10.0 Å². The van der Waals surface area contributed by atoms with Gasteiger partial charge in [0.2, 0.25) is 5.91 Å². The van der Waals surface area contributed by atoms with Gasteiger partial charge in [-0.15, -0.1) is 0 Å². The van der Waals surface area contributed by atoms with Crippen molar-refractivity contribution in [3.63, 3.8) is 0 Å². The number of anilines is 3. The summed E-state index contributed by atoms with van der Waals surface area (Å²) in [6, 6.07) is 13.0. The van der Waals surface area contributed by atoms with Crippen molar-refractivity contribution in [1.29, 1.82) is 0 Å². The van der Waals surface area contributed by atoms with Crippen LogP contribution in [0.15, 0.2) is 70.4 Å². The Hall–Kier alpha value is -3.60. The van der Waals surface area contributed by atoms with Gasteiger partial charge in [-0.2, -0.15) is 0 Å². The molecular weight excluding hydrogens is 539 g/mol. The third-order valence-corrected chi connectivity index (χ3v) is 7.54. The van der Waals surface area contributed by atoms with Crippen LogP contribution in [0, 0.1) is 6.92 Å². The zero-order chi connectivity index (χ0) is 26.7. The molecule has 0 spiro atoms. The summed E-state index contributed by atoms with van der Waals surface area (Å²) < 4.78 is 37.8. The van der Waals surface area contributed by atoms with Gasteiger partial charge in [0.05, 0.1) is 17.8 Å². The van der Waals surface area contributed by atoms with Crippen LogP contribution in [0.25, 0.3) is 11.1 Å². The lowest BCUT2D eigenvalue weighted by Crippen LogP contribution is -2.26. The Labute approximate surface area is 224 Å². The largest absolute Gasteiger partial charge is 0.495 e. The van der Waals surface area contributed by atoms with Crippen LogP contribution in [0.5, 0.6) is 5.75 Å². The van der Waals surface area contributed by atoms with Crippen molar-refractivity contribution in [2.24, 2.45) is 0 Å². The van der Waals surface area contributed by atoms with Gasteiger partial charge in [-0.05, 0) is 42.3 Å². The Morgan fingerprint density at radius 1 is 1.11 bits per heavy atom. The molecule has 12 heteroatoms. The number of pyridine rings is 1. The number of sulfonamides is 1. The molecule has 0 fully saturated rings. The first-order chi connectivity index (χ1) is 17.6. The fourth-order valence-electron chi connectivity index (χ4n) is 3.53. The van der Waals surface area contributed by atoms with Crippen LogP contribution < -0.4 is 14.4 Å². The van der Waals surface area contributed by atoms with E-state index in [2.05, 4.69) is 19.4 Å². The van der Waals surface area contributed by atoms with E-state index in [1.165, 1.54) is 36.5 Å². The Balaban J connectivity index is 1.79. The molecule has 37 heavy (non-hydrogen) atoms. The number of benzene rings is 2. The zero-order valence-corrected chi connectivity index (χ0v) is 22.4. The van der Waals surface area contributed by atoms with E-state index in [0.29, 0.717) is 27.0 Å². The van der Waals surface area contributed by atoms with Gasteiger partial charge >= 0.3 is 0 Å². The van der Waals surface area contributed by atoms with E-state index in [0.717, 1.165) is 17.3 Å². The average molecular weight is 561 g/mol. The van der Waals surface area contributed by atoms with E-state index in [1.54, 1.807) is 25.1 Å². The highest BCUT2D eigenvalue weighted by Gasteiger charge is 2.25. The number of hydrogen-bond acceptors (Lipinski definition) is 7. The summed E-state index contributed by atoms with van der Waals surface area (Å²) in [6.45, 7) is 3.60. The first kappa shape index (κ1) is 26.5. The Bertz CT molecular complexity index is 1540. The van der Waals surface area contributed by atoms with Crippen LogP contribution in [0.2, 0.25) is 10.0 Å². The number of halogens is 2. The Morgan fingerprint density at radius 2 is 1.89 bits per heavy atom. The molecule has 4 rings (SSSR count). The summed E-state index contributed by atoms with van der Waals surface area (Å²) in [5.74, 6) is 0.263. The molecule has 2 heterocycles. The number of ether oxygens (including phenoxy) is 1. The van der Waals surface area contributed by atoms with Crippen LogP contribution in [-0.2, 0) is 14.8 Å². The second-order valence-electron chi connectivity index (χ2n) is 7.89. The van der Waals surface area contributed by atoms with Crippen LogP contribution in [0.1, 0.15) is 18.9 Å². The maximum absolute atomic E-state index is 13.1. The minimum atomic E-state index is -3.98. The molecule has 1 N–H and O–H groups in total. The predicted molar refractivity (Wildman–Crippen MR) is 142 cm³/mol. The highest BCUT2D eigenvalue weighted by Crippen LogP contribution is 2.42. The van der Waals surface area contributed by atoms with Crippen LogP contribution >= 0.6 is 23.2 Å². The molecule has 0 aliphatic rings. The summed E-state index contributed by atoms with van der Waals surface area (Å²) in [7, 11) is -2.51. The summed E-state index contributed by atoms with van der Waals surface area (Å²) in [4.78, 5) is 18.6. The lowest BCUT2D eigenvalue weighted by atomic mass is 10.0. The SMILES string of the molecule is CCC(=O)N(c1ccc(S(=O)(=O)Nc2ccon2)cn1)c1cc(-c2ccc(C)c(Cl)c2)c(Cl)cc1OC. The van der Waals surface area contributed by atoms with Crippen LogP contribution in [0.3, 0.4) is 0 Å². The Kier molecular flexibility index (Phi) is 7.72. The smallest absolute Gasteiger partial charge is 0.264 e. The molecule has 4 aromatic rings. The number of hydrogen-bond donors (Lipinski definition) is 1. The van der Waals surface area contributed by atoms with Gasteiger partial charge in [-0.1, -0.05) is 47.4 Å². The fourth-order valence-corrected chi connectivity index (χ4v) is 4.91. The molecule has 192 valence electrons. The molecule has 2 aromatic heterocycles. The zero-order valence-electron chi connectivity index (χ0n) is 20.0. The lowest BCUT2D eigenvalue weighted by molar-refractivity contribution is -0.117. The molecular formula is C25H22Cl2N4O5S. The summed E-state index contributed by atoms with van der Waals surface area (Å²) >= 11 is 12.9. The highest BCUT2D eigenvalue weighted by molar-refractivity contribution is 7.92. The van der Waals surface area contributed by atoms with Gasteiger partial charge in [-0.25, -0.2) is 13.4 Å². The highest BCUT2D eigenvalue weighted by atomic mass is 35.5. The number of aromatic nitrogens is 2. The van der Waals surface area contributed by atoms with E-state index in [-0.39, 0.29) is 28.9 Å². The number of rotatable bonds is 8. The molecule has 1 amide bonds. The van der Waals surface area contributed by atoms with Crippen molar-refractivity contribution in [3.05, 3.63) is 76.6 Å². The number of carbonyl (C=O) groups is 1. The van der Waals surface area contributed by atoms with E-state index in [9.17, 15) is 13.2 Å². The first-order valence-electron chi connectivity index (χ1n) is 11.0. The van der Waals surface area contributed by atoms with Gasteiger partial charge in [0.25, 0.3) is 10.0 Å². The number of methoxy groups -OCH3 is 1. The minimum absolute atomic E-state index is 0.0292. The predicted octanol–water partition coefficient (Wildman–Crippen LogP) is 6.24. The monoisotopic (exact) mass is 560 g/mol. The maximum atomic E-state index is 13.1. The van der Waals surface area contributed by atoms with Crippen molar-refractivity contribution in [3.8, 4) is 16.9 Å². The van der Waals surface area contributed by atoms with Crippen molar-refractivity contribution in [1.82, 2.24) is 10.1 Å². The molecule has 0 aliphatic heterocycles. The van der Waals surface area contributed by atoms with Crippen molar-refractivity contribution < 1.29 is 22.5 Å². The fraction of sp³-hybridized carbons (Fsp3) is 0.160. The number of nitrogens with one attached hydrogen (secondary N) is 1. The molecule has 0 aliphatic carbocycles. The van der Waals surface area contributed by atoms with E-state index in [1.807, 2.05) is 19.1 Å². The molecule has 2 aromatic carbocycles. The van der Waals surface area contributed by atoms with Crippen LogP contribution in [-0.4, -0.2) is 31.6 Å². The standard InChI is InChI=1S/C25H22Cl2N4O5S/c1-4-25(32)31(24-8-7-17(14-28-24)37(33,34)30-23-9-10-36-29-23)21-12-18(20(27)13-22(21)35-3)16-6-5-15(2)19(26)11-16/h5-14H,4H2,1-3H3,(H,29,30). The minimum Gasteiger partial charge on any atom is -0.495 e. The number of amides is 1. The molecule has 0 saturated carbocycles. The third-order valence-electron chi connectivity index (χ3n) is 5.48. The van der Waals surface area contributed by atoms with Gasteiger partial charge in [0.1, 0.15) is 22.7 Å². The molecule has 0 atom stereocenters. The maximum Gasteiger partial charge on any atom is 0.264 e. The average Bonchev–Trinajstić information content (AvgIpc) is 3.39. The quantitative estimate of drug-likeness (QED) is 0.271. The molecule has 0 radical (unpaired) electrons. The topological polar surface area (TPSA) is 115 Å². The molecule has 0 unspecified atom stereocenters. The Morgan fingerprint density at radius 3 is 2.49 bits per heavy atom. The molecule has 0 saturated heterocycles. The molecule has 9 nitrogen and oxygen atoms in total. The van der Waals surface area contributed by atoms with Crippen LogP contribution in [0.4, 0.5) is 17.3 Å². The van der Waals surface area contributed by atoms with E-state index in [4.69, 9.17) is 27.9 Å². The summed E-state index contributed by atoms with van der Waals surface area (Å²) in [5.41, 5.74) is 2.68. The van der Waals surface area contributed by atoms with Crippen molar-refractivity contribution in [2.75, 3.05) is 16.7 Å². The van der Waals surface area contributed by atoms with Crippen molar-refractivity contribution >= 4 is 56.5 Å². The number of nitrogens with zero attached hydrogens (tertiary/aromatic N) is 3. The second-order valence-corrected chi connectivity index (χ2v) is 10.4. The first-order valence-corrected chi connectivity index (χ1v) is 13.2. The summed E-state index contributed by atoms with van der Waals surface area (Å²) in [5, 5.41) is 4.52. The van der Waals surface area contributed by atoms with Gasteiger partial charge in [-0.3, -0.25) is 14.4 Å². The van der Waals surface area contributed by atoms with Gasteiger partial charge in [0.15, 0.2) is 5.82 Å². The van der Waals surface area contributed by atoms with E-state index >= 15 is 0 Å². The molecule has 0 bridgehead atoms. The third kappa shape index (κ3) is 5.56. The lowest BCUT2D eigenvalue weighted by Gasteiger charge is -2.25. The van der Waals surface area contributed by atoms with Gasteiger partial charge in [0, 0.05) is 35.3 Å².